The lowest BCUT2D eigenvalue weighted by Gasteiger charge is -2.35. The summed E-state index contributed by atoms with van der Waals surface area (Å²) in [7, 11) is -14.8. The van der Waals surface area contributed by atoms with Gasteiger partial charge in [0.15, 0.2) is 0 Å². The molecule has 1 aliphatic rings. The zero-order valence-electron chi connectivity index (χ0n) is 25.5. The van der Waals surface area contributed by atoms with Crippen LogP contribution in [0, 0.1) is 0 Å². The molecule has 244 valence electrons. The number of hydrogen-bond acceptors (Lipinski definition) is 9. The molecule has 1 aromatic heterocycles. The third-order valence-electron chi connectivity index (χ3n) is 6.76. The molecule has 0 saturated carbocycles. The normalized spacial score (nSPS) is 22.8. The van der Waals surface area contributed by atoms with E-state index in [2.05, 4.69) is 4.98 Å². The molecule has 1 aliphatic heterocycles. The molecule has 3 unspecified atom stereocenters. The summed E-state index contributed by atoms with van der Waals surface area (Å²) in [6.07, 6.45) is 1.31. The molecular formula is C24H49N5O9P4. The van der Waals surface area contributed by atoms with Gasteiger partial charge in [-0.2, -0.15) is 0 Å². The van der Waals surface area contributed by atoms with Crippen LogP contribution in [0.2, 0.25) is 0 Å². The second kappa shape index (κ2) is 14.9. The van der Waals surface area contributed by atoms with E-state index in [-0.39, 0.29) is 30.7 Å². The quantitative estimate of drug-likeness (QED) is 0.236. The highest BCUT2D eigenvalue weighted by atomic mass is 31.2. The van der Waals surface area contributed by atoms with E-state index < -0.39 is 35.1 Å². The van der Waals surface area contributed by atoms with Gasteiger partial charge in [-0.05, 0) is 17.0 Å². The number of nitrogens with zero attached hydrogens (tertiary/aromatic N) is 5. The summed E-state index contributed by atoms with van der Waals surface area (Å²) in [6.45, 7) is 12.7. The fourth-order valence-electron chi connectivity index (χ4n) is 4.90. The van der Waals surface area contributed by atoms with Crippen molar-refractivity contribution in [2.24, 2.45) is 0 Å². The van der Waals surface area contributed by atoms with Crippen LogP contribution in [0.25, 0.3) is 0 Å². The maximum Gasteiger partial charge on any atom is 0.356 e. The van der Waals surface area contributed by atoms with Crippen molar-refractivity contribution in [2.45, 2.75) is 32.7 Å². The maximum absolute atomic E-state index is 12.4. The van der Waals surface area contributed by atoms with E-state index in [1.807, 2.05) is 35.5 Å². The van der Waals surface area contributed by atoms with E-state index in [0.717, 1.165) is 0 Å². The molecule has 1 fully saturated rings. The van der Waals surface area contributed by atoms with Crippen LogP contribution in [0.3, 0.4) is 0 Å². The molecule has 0 amide bonds. The van der Waals surface area contributed by atoms with Gasteiger partial charge in [-0.25, -0.2) is 0 Å². The molecule has 3 atom stereocenters. The molecule has 14 nitrogen and oxygen atoms in total. The largest absolute Gasteiger partial charge is 0.356 e. The predicted octanol–water partition coefficient (Wildman–Crippen LogP) is 1.48. The highest BCUT2D eigenvalue weighted by molar-refractivity contribution is 7.60. The van der Waals surface area contributed by atoms with E-state index in [1.54, 1.807) is 4.90 Å². The van der Waals surface area contributed by atoms with Crippen molar-refractivity contribution in [1.82, 2.24) is 24.6 Å². The van der Waals surface area contributed by atoms with Crippen LogP contribution in [0.15, 0.2) is 12.3 Å². The smallest absolute Gasteiger partial charge is 0.344 e. The molecule has 18 heteroatoms. The molecule has 0 aromatic carbocycles. The van der Waals surface area contributed by atoms with Crippen molar-refractivity contribution in [3.8, 4) is 0 Å². The highest BCUT2D eigenvalue weighted by Crippen LogP contribution is 2.39. The lowest BCUT2D eigenvalue weighted by molar-refractivity contribution is 0.148. The molecular weight excluding hydrogens is 626 g/mol. The Morgan fingerprint density at radius 1 is 0.667 bits per heavy atom. The first-order chi connectivity index (χ1) is 18.9. The summed E-state index contributed by atoms with van der Waals surface area (Å²) in [6, 6.07) is 1.44. The van der Waals surface area contributed by atoms with Gasteiger partial charge in [0, 0.05) is 85.1 Å². The molecule has 0 radical (unpaired) electrons. The van der Waals surface area contributed by atoms with Crippen molar-refractivity contribution in [1.29, 1.82) is 0 Å². The number of pyridine rings is 1. The second-order valence-electron chi connectivity index (χ2n) is 12.7. The van der Waals surface area contributed by atoms with Crippen LogP contribution in [-0.2, 0) is 30.2 Å². The third kappa shape index (κ3) is 14.7. The second-order valence-corrected chi connectivity index (χ2v) is 21.4. The van der Waals surface area contributed by atoms with Crippen LogP contribution in [0.4, 0.5) is 0 Å². The topological polar surface area (TPSA) is 195 Å². The third-order valence-corrected chi connectivity index (χ3v) is 10.5. The highest BCUT2D eigenvalue weighted by Gasteiger charge is 2.30. The van der Waals surface area contributed by atoms with E-state index in [4.69, 9.17) is 0 Å². The molecule has 1 saturated heterocycles. The molecule has 0 spiro atoms. The Bertz CT molecular complexity index is 1200. The average molecular weight is 676 g/mol. The van der Waals surface area contributed by atoms with Gasteiger partial charge in [0.1, 0.15) is 0 Å². The first-order valence-electron chi connectivity index (χ1n) is 13.7. The average Bonchev–Trinajstić information content (AvgIpc) is 2.77. The van der Waals surface area contributed by atoms with Gasteiger partial charge in [0.25, 0.3) is 0 Å². The van der Waals surface area contributed by atoms with Crippen LogP contribution < -0.4 is 5.30 Å². The van der Waals surface area contributed by atoms with Crippen LogP contribution in [0.5, 0.6) is 0 Å². The molecule has 2 rings (SSSR count). The summed E-state index contributed by atoms with van der Waals surface area (Å²) in [5.74, 6) is 0. The maximum atomic E-state index is 12.4. The fraction of sp³-hybridized carbons (Fsp3) is 0.792. The Balaban J connectivity index is 2.40. The molecule has 42 heavy (non-hydrogen) atoms. The zero-order chi connectivity index (χ0) is 32.1. The van der Waals surface area contributed by atoms with E-state index in [9.17, 15) is 42.7 Å². The van der Waals surface area contributed by atoms with Crippen molar-refractivity contribution in [3.63, 3.8) is 0 Å². The molecule has 5 N–H and O–H groups in total. The van der Waals surface area contributed by atoms with Gasteiger partial charge in [0.05, 0.1) is 29.9 Å². The lowest BCUT2D eigenvalue weighted by atomic mass is 9.88. The van der Waals surface area contributed by atoms with Crippen molar-refractivity contribution >= 4 is 35.0 Å². The van der Waals surface area contributed by atoms with E-state index >= 15 is 0 Å². The molecule has 0 bridgehead atoms. The minimum atomic E-state index is -4.59. The summed E-state index contributed by atoms with van der Waals surface area (Å²) < 4.78 is 49.2. The minimum Gasteiger partial charge on any atom is -0.344 e. The molecule has 1 aromatic rings. The van der Waals surface area contributed by atoms with Gasteiger partial charge in [0.2, 0.25) is 22.1 Å². The molecule has 0 aliphatic carbocycles. The summed E-state index contributed by atoms with van der Waals surface area (Å²) in [5.41, 5.74) is 0.367. The first kappa shape index (κ1) is 37.9. The summed E-state index contributed by atoms with van der Waals surface area (Å²) >= 11 is 0. The van der Waals surface area contributed by atoms with E-state index in [1.165, 1.54) is 32.3 Å². The SMILES string of the molecule is CC(C)(C)c1cnc(CN2CCN(CP(C)(=O)O)CCN(CP(C)(=O)O)CCN(CP(C)(=O)O)CC2)cc1P(=O)(O)O. The standard InChI is InChI=1S/C24H49N5O9P4/c1-24(2,3)22-16-25-21(15-23(22)42(36,37)38)17-26-7-9-27(18-39(4,30)31)11-13-29(20-41(6,34)35)14-12-28(10-8-26)19-40(5,32)33/h15-16H,7-14,17-20H2,1-6H3,(H,30,31)(H,32,33)(H,34,35)(H2,36,37,38). The predicted molar refractivity (Wildman–Crippen MR) is 166 cm³/mol. The molecule has 2 heterocycles. The number of aromatic nitrogens is 1. The minimum absolute atomic E-state index is 0.0614. The lowest BCUT2D eigenvalue weighted by Crippen LogP contribution is -2.46. The van der Waals surface area contributed by atoms with Gasteiger partial charge in [-0.1, -0.05) is 20.8 Å². The van der Waals surface area contributed by atoms with Crippen molar-refractivity contribution in [2.75, 3.05) is 91.2 Å². The first-order valence-corrected chi connectivity index (χ1v) is 22.2. The van der Waals surface area contributed by atoms with Crippen molar-refractivity contribution in [3.05, 3.63) is 23.5 Å². The Hall–Kier alpha value is -0.290. The van der Waals surface area contributed by atoms with Gasteiger partial charge >= 0.3 is 7.60 Å². The van der Waals surface area contributed by atoms with Gasteiger partial charge in [-0.3, -0.25) is 42.8 Å². The zero-order valence-corrected chi connectivity index (χ0v) is 29.1. The Morgan fingerprint density at radius 3 is 1.29 bits per heavy atom. The van der Waals surface area contributed by atoms with Gasteiger partial charge in [-0.15, -0.1) is 0 Å². The monoisotopic (exact) mass is 675 g/mol. The van der Waals surface area contributed by atoms with E-state index in [0.29, 0.717) is 63.6 Å². The summed E-state index contributed by atoms with van der Waals surface area (Å²) in [4.78, 5) is 62.4. The van der Waals surface area contributed by atoms with Crippen LogP contribution in [0.1, 0.15) is 32.0 Å². The Labute approximate surface area is 249 Å². The number of hydrogen-bond donors (Lipinski definition) is 5. The van der Waals surface area contributed by atoms with Crippen LogP contribution in [-0.4, -0.2) is 140 Å². The van der Waals surface area contributed by atoms with Crippen molar-refractivity contribution < 1.29 is 42.7 Å². The number of rotatable bonds is 9. The fourth-order valence-corrected chi connectivity index (χ4v) is 8.99. The summed E-state index contributed by atoms with van der Waals surface area (Å²) in [5, 5.41) is -0.0748. The van der Waals surface area contributed by atoms with Crippen LogP contribution >= 0.6 is 29.7 Å². The van der Waals surface area contributed by atoms with Gasteiger partial charge < -0.3 is 24.5 Å². The Morgan fingerprint density at radius 2 is 1.00 bits per heavy atom. The Kier molecular flexibility index (Phi) is 13.4.